The molecule has 0 saturated carbocycles. The van der Waals surface area contributed by atoms with Gasteiger partial charge < -0.3 is 4.90 Å². The lowest BCUT2D eigenvalue weighted by atomic mass is 10.0. The summed E-state index contributed by atoms with van der Waals surface area (Å²) in [6, 6.07) is 17.9. The maximum atomic E-state index is 13.2. The van der Waals surface area contributed by atoms with Crippen molar-refractivity contribution in [1.29, 1.82) is 0 Å². The van der Waals surface area contributed by atoms with Gasteiger partial charge in [0.15, 0.2) is 0 Å². The Balaban J connectivity index is 1.85. The Morgan fingerprint density at radius 2 is 1.76 bits per heavy atom. The molecule has 1 fully saturated rings. The number of carbonyl (C=O) groups excluding carboxylic acids is 1. The molecule has 0 aliphatic carbocycles. The van der Waals surface area contributed by atoms with Crippen molar-refractivity contribution >= 4 is 32.7 Å². The first-order valence-electron chi connectivity index (χ1n) is 8.67. The van der Waals surface area contributed by atoms with Crippen molar-refractivity contribution in [2.45, 2.75) is 19.3 Å². The summed E-state index contributed by atoms with van der Waals surface area (Å²) in [5, 5.41) is 0.928. The monoisotopic (exact) mass is 394 g/mol. The molecule has 1 saturated heterocycles. The standard InChI is InChI=1S/C21H19BrN2O/c22-16-8-6-7-15(13-16)20-14-18(17-9-2-3-10-19(17)23-20)21(25)24-11-4-1-5-12-24/h2-3,6-10,13-14H,1,4-5,11-12H2. The number of fused-ring (bicyclic) bond motifs is 1. The fraction of sp³-hybridized carbons (Fsp3) is 0.238. The van der Waals surface area contributed by atoms with Crippen LogP contribution in [0.5, 0.6) is 0 Å². The lowest BCUT2D eigenvalue weighted by Crippen LogP contribution is -2.35. The van der Waals surface area contributed by atoms with Gasteiger partial charge in [-0.25, -0.2) is 4.98 Å². The van der Waals surface area contributed by atoms with Gasteiger partial charge in [-0.1, -0.05) is 46.3 Å². The number of pyridine rings is 1. The third-order valence-corrected chi connectivity index (χ3v) is 5.20. The number of para-hydroxylation sites is 1. The number of halogens is 1. The van der Waals surface area contributed by atoms with E-state index in [0.717, 1.165) is 58.1 Å². The summed E-state index contributed by atoms with van der Waals surface area (Å²) in [7, 11) is 0. The molecule has 0 N–H and O–H groups in total. The summed E-state index contributed by atoms with van der Waals surface area (Å²) in [5.74, 6) is 0.120. The molecule has 126 valence electrons. The van der Waals surface area contributed by atoms with Crippen LogP contribution in [0.15, 0.2) is 59.1 Å². The summed E-state index contributed by atoms with van der Waals surface area (Å²) in [5.41, 5.74) is 3.45. The van der Waals surface area contributed by atoms with Crippen LogP contribution >= 0.6 is 15.9 Å². The summed E-state index contributed by atoms with van der Waals surface area (Å²) in [6.07, 6.45) is 3.39. The highest BCUT2D eigenvalue weighted by Gasteiger charge is 2.21. The second-order valence-corrected chi connectivity index (χ2v) is 7.35. The van der Waals surface area contributed by atoms with E-state index in [1.807, 2.05) is 59.5 Å². The van der Waals surface area contributed by atoms with Gasteiger partial charge in [-0.05, 0) is 43.5 Å². The topological polar surface area (TPSA) is 33.2 Å². The second-order valence-electron chi connectivity index (χ2n) is 6.44. The van der Waals surface area contributed by atoms with Crippen LogP contribution in [0.1, 0.15) is 29.6 Å². The van der Waals surface area contributed by atoms with Crippen molar-refractivity contribution in [1.82, 2.24) is 9.88 Å². The maximum absolute atomic E-state index is 13.2. The fourth-order valence-electron chi connectivity index (χ4n) is 3.42. The minimum Gasteiger partial charge on any atom is -0.339 e. The molecule has 0 spiro atoms. The molecule has 1 amide bonds. The van der Waals surface area contributed by atoms with E-state index in [-0.39, 0.29) is 5.91 Å². The first-order chi connectivity index (χ1) is 12.2. The number of hydrogen-bond acceptors (Lipinski definition) is 2. The van der Waals surface area contributed by atoms with Crippen molar-refractivity contribution in [2.24, 2.45) is 0 Å². The van der Waals surface area contributed by atoms with Gasteiger partial charge >= 0.3 is 0 Å². The van der Waals surface area contributed by atoms with Gasteiger partial charge in [0.25, 0.3) is 5.91 Å². The molecule has 1 aliphatic heterocycles. The Bertz CT molecular complexity index is 932. The van der Waals surface area contributed by atoms with Crippen LogP contribution < -0.4 is 0 Å². The SMILES string of the molecule is O=C(c1cc(-c2cccc(Br)c2)nc2ccccc12)N1CCCCC1. The normalized spacial score (nSPS) is 14.7. The van der Waals surface area contributed by atoms with E-state index in [1.54, 1.807) is 0 Å². The number of nitrogens with zero attached hydrogens (tertiary/aromatic N) is 2. The minimum absolute atomic E-state index is 0.120. The van der Waals surface area contributed by atoms with Crippen molar-refractivity contribution in [3.05, 3.63) is 64.6 Å². The highest BCUT2D eigenvalue weighted by molar-refractivity contribution is 9.10. The van der Waals surface area contributed by atoms with E-state index in [1.165, 1.54) is 6.42 Å². The number of amides is 1. The van der Waals surface area contributed by atoms with Gasteiger partial charge in [0.2, 0.25) is 0 Å². The molecule has 0 bridgehead atoms. The highest BCUT2D eigenvalue weighted by Crippen LogP contribution is 2.28. The van der Waals surface area contributed by atoms with Crippen molar-refractivity contribution in [3.63, 3.8) is 0 Å². The van der Waals surface area contributed by atoms with E-state index >= 15 is 0 Å². The Morgan fingerprint density at radius 1 is 0.960 bits per heavy atom. The predicted molar refractivity (Wildman–Crippen MR) is 105 cm³/mol. The van der Waals surface area contributed by atoms with Crippen LogP contribution in [0.25, 0.3) is 22.2 Å². The van der Waals surface area contributed by atoms with Gasteiger partial charge in [0, 0.05) is 28.5 Å². The van der Waals surface area contributed by atoms with Gasteiger partial charge in [0.1, 0.15) is 0 Å². The lowest BCUT2D eigenvalue weighted by molar-refractivity contribution is 0.0726. The molecule has 2 heterocycles. The molecular formula is C21H19BrN2O. The van der Waals surface area contributed by atoms with Gasteiger partial charge in [0.05, 0.1) is 16.8 Å². The van der Waals surface area contributed by atoms with Crippen LogP contribution in [-0.4, -0.2) is 28.9 Å². The lowest BCUT2D eigenvalue weighted by Gasteiger charge is -2.27. The Labute approximate surface area is 155 Å². The quantitative estimate of drug-likeness (QED) is 0.591. The van der Waals surface area contributed by atoms with Gasteiger partial charge in [-0.15, -0.1) is 0 Å². The molecular weight excluding hydrogens is 376 g/mol. The third-order valence-electron chi connectivity index (χ3n) is 4.71. The van der Waals surface area contributed by atoms with E-state index in [4.69, 9.17) is 4.98 Å². The van der Waals surface area contributed by atoms with Crippen LogP contribution in [-0.2, 0) is 0 Å². The first kappa shape index (κ1) is 16.3. The minimum atomic E-state index is 0.120. The van der Waals surface area contributed by atoms with E-state index in [9.17, 15) is 4.79 Å². The van der Waals surface area contributed by atoms with E-state index in [0.29, 0.717) is 0 Å². The predicted octanol–water partition coefficient (Wildman–Crippen LogP) is 5.29. The zero-order valence-corrected chi connectivity index (χ0v) is 15.5. The summed E-state index contributed by atoms with van der Waals surface area (Å²) in [6.45, 7) is 1.70. The van der Waals surface area contributed by atoms with Gasteiger partial charge in [-0.3, -0.25) is 4.79 Å². The van der Waals surface area contributed by atoms with Crippen LogP contribution in [0.4, 0.5) is 0 Å². The van der Waals surface area contributed by atoms with Crippen LogP contribution in [0.3, 0.4) is 0 Å². The Hall–Kier alpha value is -2.20. The molecule has 0 radical (unpaired) electrons. The number of benzene rings is 2. The zero-order valence-electron chi connectivity index (χ0n) is 13.9. The van der Waals surface area contributed by atoms with E-state index < -0.39 is 0 Å². The van der Waals surface area contributed by atoms with Gasteiger partial charge in [-0.2, -0.15) is 0 Å². The van der Waals surface area contributed by atoms with Crippen LogP contribution in [0.2, 0.25) is 0 Å². The highest BCUT2D eigenvalue weighted by atomic mass is 79.9. The molecule has 4 rings (SSSR count). The molecule has 1 aliphatic rings. The molecule has 4 heteroatoms. The largest absolute Gasteiger partial charge is 0.339 e. The summed E-state index contributed by atoms with van der Waals surface area (Å²) < 4.78 is 1.00. The number of aromatic nitrogens is 1. The molecule has 3 aromatic rings. The summed E-state index contributed by atoms with van der Waals surface area (Å²) in [4.78, 5) is 19.9. The molecule has 2 aromatic carbocycles. The van der Waals surface area contributed by atoms with E-state index in [2.05, 4.69) is 15.9 Å². The Morgan fingerprint density at radius 3 is 2.56 bits per heavy atom. The molecule has 3 nitrogen and oxygen atoms in total. The smallest absolute Gasteiger partial charge is 0.254 e. The molecule has 1 aromatic heterocycles. The number of piperidine rings is 1. The first-order valence-corrected chi connectivity index (χ1v) is 9.47. The Kier molecular flexibility index (Phi) is 4.53. The van der Waals surface area contributed by atoms with Crippen molar-refractivity contribution in [3.8, 4) is 11.3 Å². The van der Waals surface area contributed by atoms with Crippen molar-refractivity contribution < 1.29 is 4.79 Å². The number of hydrogen-bond donors (Lipinski definition) is 0. The fourth-order valence-corrected chi connectivity index (χ4v) is 3.81. The average molecular weight is 395 g/mol. The molecule has 25 heavy (non-hydrogen) atoms. The molecule has 0 atom stereocenters. The number of carbonyl (C=O) groups is 1. The van der Waals surface area contributed by atoms with Crippen molar-refractivity contribution in [2.75, 3.05) is 13.1 Å². The zero-order chi connectivity index (χ0) is 17.2. The summed E-state index contributed by atoms with van der Waals surface area (Å²) >= 11 is 3.52. The third kappa shape index (κ3) is 3.31. The molecule has 0 unspecified atom stereocenters. The second kappa shape index (κ2) is 6.96. The maximum Gasteiger partial charge on any atom is 0.254 e. The van der Waals surface area contributed by atoms with Crippen LogP contribution in [0, 0.1) is 0 Å². The number of likely N-dealkylation sites (tertiary alicyclic amines) is 1. The number of rotatable bonds is 2. The average Bonchev–Trinajstić information content (AvgIpc) is 2.67.